The number of amides is 1. The van der Waals surface area contributed by atoms with E-state index in [4.69, 9.17) is 11.6 Å². The van der Waals surface area contributed by atoms with Crippen molar-refractivity contribution in [3.05, 3.63) is 76.6 Å². The Bertz CT molecular complexity index is 652. The maximum Gasteiger partial charge on any atom is 0.244 e. The summed E-state index contributed by atoms with van der Waals surface area (Å²) in [4.78, 5) is 11.8. The molecule has 0 radical (unpaired) electrons. The summed E-state index contributed by atoms with van der Waals surface area (Å²) in [7, 11) is 0. The summed E-state index contributed by atoms with van der Waals surface area (Å²) in [6.45, 7) is 1.89. The summed E-state index contributed by atoms with van der Waals surface area (Å²) in [5, 5.41) is 3.49. The highest BCUT2D eigenvalue weighted by Gasteiger charge is 2.07. The van der Waals surface area contributed by atoms with Gasteiger partial charge in [-0.05, 0) is 48.4 Å². The first-order chi connectivity index (χ1) is 10.0. The van der Waals surface area contributed by atoms with E-state index in [0.717, 1.165) is 5.56 Å². The van der Waals surface area contributed by atoms with Crippen molar-refractivity contribution in [1.82, 2.24) is 5.32 Å². The third-order valence-electron chi connectivity index (χ3n) is 3.00. The summed E-state index contributed by atoms with van der Waals surface area (Å²) in [6, 6.07) is 13.2. The standard InChI is InChI=1S/C17H15ClFNO/c1-12(14-6-8-15(18)9-7-14)20-17(21)10-5-13-3-2-4-16(19)11-13/h2-12H,1H3,(H,20,21)/b10-5+. The van der Waals surface area contributed by atoms with E-state index in [9.17, 15) is 9.18 Å². The molecule has 0 aromatic heterocycles. The van der Waals surface area contributed by atoms with Crippen molar-refractivity contribution in [1.29, 1.82) is 0 Å². The van der Waals surface area contributed by atoms with Crippen LogP contribution in [-0.2, 0) is 4.79 Å². The average molecular weight is 304 g/mol. The number of rotatable bonds is 4. The Labute approximate surface area is 128 Å². The number of benzene rings is 2. The number of halogens is 2. The van der Waals surface area contributed by atoms with E-state index in [2.05, 4.69) is 5.32 Å². The molecule has 0 fully saturated rings. The number of carbonyl (C=O) groups is 1. The fraction of sp³-hybridized carbons (Fsp3) is 0.118. The second-order valence-corrected chi connectivity index (χ2v) is 5.11. The molecule has 2 rings (SSSR count). The van der Waals surface area contributed by atoms with E-state index in [1.54, 1.807) is 30.3 Å². The second kappa shape index (κ2) is 7.04. The van der Waals surface area contributed by atoms with Crippen LogP contribution in [0.4, 0.5) is 4.39 Å². The number of carbonyl (C=O) groups excluding carboxylic acids is 1. The molecule has 2 aromatic carbocycles. The Morgan fingerprint density at radius 2 is 1.95 bits per heavy atom. The summed E-state index contributed by atoms with van der Waals surface area (Å²) < 4.78 is 13.0. The smallest absolute Gasteiger partial charge is 0.244 e. The molecule has 0 spiro atoms. The van der Waals surface area contributed by atoms with Crippen molar-refractivity contribution in [2.75, 3.05) is 0 Å². The van der Waals surface area contributed by atoms with Crippen LogP contribution in [0.1, 0.15) is 24.1 Å². The summed E-state index contributed by atoms with van der Waals surface area (Å²) in [5.41, 5.74) is 1.61. The Kier molecular flexibility index (Phi) is 5.12. The van der Waals surface area contributed by atoms with Gasteiger partial charge in [-0.2, -0.15) is 0 Å². The molecule has 0 saturated heterocycles. The zero-order valence-corrected chi connectivity index (χ0v) is 12.3. The molecule has 1 amide bonds. The van der Waals surface area contributed by atoms with Gasteiger partial charge in [0.15, 0.2) is 0 Å². The van der Waals surface area contributed by atoms with Crippen LogP contribution in [0.3, 0.4) is 0 Å². The van der Waals surface area contributed by atoms with Gasteiger partial charge in [0.25, 0.3) is 0 Å². The van der Waals surface area contributed by atoms with Gasteiger partial charge in [-0.25, -0.2) is 4.39 Å². The van der Waals surface area contributed by atoms with Gasteiger partial charge in [0.2, 0.25) is 5.91 Å². The molecule has 0 saturated carbocycles. The minimum atomic E-state index is -0.327. The third kappa shape index (κ3) is 4.72. The lowest BCUT2D eigenvalue weighted by Gasteiger charge is -2.12. The third-order valence-corrected chi connectivity index (χ3v) is 3.26. The van der Waals surface area contributed by atoms with Crippen LogP contribution in [0.25, 0.3) is 6.08 Å². The molecular formula is C17H15ClFNO. The molecule has 0 aliphatic heterocycles. The van der Waals surface area contributed by atoms with Crippen molar-refractivity contribution in [3.8, 4) is 0 Å². The molecule has 0 bridgehead atoms. The Morgan fingerprint density at radius 3 is 2.62 bits per heavy atom. The van der Waals surface area contributed by atoms with Crippen molar-refractivity contribution >= 4 is 23.6 Å². The highest BCUT2D eigenvalue weighted by atomic mass is 35.5. The second-order valence-electron chi connectivity index (χ2n) is 4.67. The topological polar surface area (TPSA) is 29.1 Å². The highest BCUT2D eigenvalue weighted by molar-refractivity contribution is 6.30. The van der Waals surface area contributed by atoms with E-state index >= 15 is 0 Å². The minimum Gasteiger partial charge on any atom is -0.346 e. The van der Waals surface area contributed by atoms with E-state index in [-0.39, 0.29) is 17.8 Å². The van der Waals surface area contributed by atoms with Crippen LogP contribution in [0.5, 0.6) is 0 Å². The lowest BCUT2D eigenvalue weighted by atomic mass is 10.1. The molecule has 1 atom stereocenters. The van der Waals surface area contributed by atoms with Gasteiger partial charge in [0.1, 0.15) is 5.82 Å². The van der Waals surface area contributed by atoms with Gasteiger partial charge in [-0.1, -0.05) is 35.9 Å². The number of hydrogen-bond donors (Lipinski definition) is 1. The van der Waals surface area contributed by atoms with Crippen molar-refractivity contribution in [2.24, 2.45) is 0 Å². The Balaban J connectivity index is 1.96. The first kappa shape index (κ1) is 15.3. The van der Waals surface area contributed by atoms with Gasteiger partial charge >= 0.3 is 0 Å². The summed E-state index contributed by atoms with van der Waals surface area (Å²) >= 11 is 5.82. The normalized spacial score (nSPS) is 12.3. The Morgan fingerprint density at radius 1 is 1.24 bits per heavy atom. The van der Waals surface area contributed by atoms with E-state index < -0.39 is 0 Å². The SMILES string of the molecule is CC(NC(=O)/C=C/c1cccc(F)c1)c1ccc(Cl)cc1. The van der Waals surface area contributed by atoms with Crippen molar-refractivity contribution in [2.45, 2.75) is 13.0 Å². The molecule has 21 heavy (non-hydrogen) atoms. The van der Waals surface area contributed by atoms with Gasteiger partial charge in [-0.15, -0.1) is 0 Å². The molecule has 0 heterocycles. The summed E-state index contributed by atoms with van der Waals surface area (Å²) in [6.07, 6.45) is 2.97. The van der Waals surface area contributed by atoms with E-state index in [1.165, 1.54) is 18.2 Å². The maximum absolute atomic E-state index is 13.0. The molecule has 0 aliphatic carbocycles. The summed E-state index contributed by atoms with van der Waals surface area (Å²) in [5.74, 6) is -0.561. The van der Waals surface area contributed by atoms with Crippen LogP contribution >= 0.6 is 11.6 Å². The van der Waals surface area contributed by atoms with Crippen LogP contribution in [0.2, 0.25) is 5.02 Å². The van der Waals surface area contributed by atoms with E-state index in [1.807, 2.05) is 19.1 Å². The van der Waals surface area contributed by atoms with Gasteiger partial charge in [0, 0.05) is 11.1 Å². The maximum atomic E-state index is 13.0. The molecule has 4 heteroatoms. The van der Waals surface area contributed by atoms with Crippen LogP contribution in [-0.4, -0.2) is 5.91 Å². The lowest BCUT2D eigenvalue weighted by Crippen LogP contribution is -2.24. The molecule has 2 aromatic rings. The molecule has 108 valence electrons. The molecule has 1 unspecified atom stereocenters. The van der Waals surface area contributed by atoms with Gasteiger partial charge in [-0.3, -0.25) is 4.79 Å². The fourth-order valence-electron chi connectivity index (χ4n) is 1.88. The average Bonchev–Trinajstić information content (AvgIpc) is 2.46. The molecular weight excluding hydrogens is 289 g/mol. The minimum absolute atomic E-state index is 0.132. The van der Waals surface area contributed by atoms with Crippen molar-refractivity contribution in [3.63, 3.8) is 0 Å². The largest absolute Gasteiger partial charge is 0.346 e. The predicted molar refractivity (Wildman–Crippen MR) is 83.4 cm³/mol. The first-order valence-corrected chi connectivity index (χ1v) is 6.92. The van der Waals surface area contributed by atoms with Crippen LogP contribution < -0.4 is 5.32 Å². The lowest BCUT2D eigenvalue weighted by molar-refractivity contribution is -0.117. The molecule has 0 aliphatic rings. The van der Waals surface area contributed by atoms with Crippen LogP contribution in [0, 0.1) is 5.82 Å². The molecule has 2 nitrogen and oxygen atoms in total. The number of nitrogens with one attached hydrogen (secondary N) is 1. The zero-order chi connectivity index (χ0) is 15.2. The number of hydrogen-bond acceptors (Lipinski definition) is 1. The quantitative estimate of drug-likeness (QED) is 0.835. The molecule has 1 N–H and O–H groups in total. The highest BCUT2D eigenvalue weighted by Crippen LogP contribution is 2.16. The predicted octanol–water partition coefficient (Wildman–Crippen LogP) is 4.37. The van der Waals surface area contributed by atoms with Gasteiger partial charge in [0.05, 0.1) is 6.04 Å². The van der Waals surface area contributed by atoms with Gasteiger partial charge < -0.3 is 5.32 Å². The zero-order valence-electron chi connectivity index (χ0n) is 11.5. The monoisotopic (exact) mass is 303 g/mol. The van der Waals surface area contributed by atoms with Crippen LogP contribution in [0.15, 0.2) is 54.6 Å². The van der Waals surface area contributed by atoms with Crippen molar-refractivity contribution < 1.29 is 9.18 Å². The van der Waals surface area contributed by atoms with E-state index in [0.29, 0.717) is 10.6 Å². The Hall–Kier alpha value is -2.13. The first-order valence-electron chi connectivity index (χ1n) is 6.54. The fourth-order valence-corrected chi connectivity index (χ4v) is 2.00.